The Hall–Kier alpha value is -1.59. The minimum atomic E-state index is -0.757. The number of unbranched alkanes of at least 4 members (excludes halogenated alkanes) is 25. The first kappa shape index (κ1) is 48.4. The maximum atomic E-state index is 12.6. The average molecular weight is 709 g/mol. The third-order valence-corrected chi connectivity index (χ3v) is 10.2. The fraction of sp³-hybridized carbons (Fsp3) is 0.932. The lowest BCUT2D eigenvalue weighted by Crippen LogP contribution is -2.30. The summed E-state index contributed by atoms with van der Waals surface area (Å²) in [5.41, 5.74) is 0. The van der Waals surface area contributed by atoms with Gasteiger partial charge in [-0.3, -0.25) is 14.4 Å². The molecular weight excluding hydrogens is 624 g/mol. The minimum absolute atomic E-state index is 0.0651. The van der Waals surface area contributed by atoms with Gasteiger partial charge in [0.25, 0.3) is 0 Å². The highest BCUT2D eigenvalue weighted by atomic mass is 16.6. The molecule has 0 aliphatic rings. The van der Waals surface area contributed by atoms with Crippen LogP contribution >= 0.6 is 0 Å². The summed E-state index contributed by atoms with van der Waals surface area (Å²) < 4.78 is 16.6. The molecule has 2 atom stereocenters. The van der Waals surface area contributed by atoms with Crippen molar-refractivity contribution in [3.05, 3.63) is 0 Å². The van der Waals surface area contributed by atoms with Crippen LogP contribution in [0.25, 0.3) is 0 Å². The maximum absolute atomic E-state index is 12.6. The first-order valence-electron chi connectivity index (χ1n) is 21.9. The van der Waals surface area contributed by atoms with Gasteiger partial charge in [0.15, 0.2) is 6.10 Å². The van der Waals surface area contributed by atoms with Gasteiger partial charge in [0, 0.05) is 19.3 Å². The summed E-state index contributed by atoms with van der Waals surface area (Å²) in [4.78, 5) is 37.4. The Labute approximate surface area is 310 Å². The molecule has 0 rings (SSSR count). The van der Waals surface area contributed by atoms with E-state index >= 15 is 0 Å². The SMILES string of the molecule is CCCCCCCCCCCCCCCC(=O)OC[C@H](COC(=O)CCCCCCC)OC(=O)CCCCCCCCCCCCC(C)CC. The van der Waals surface area contributed by atoms with Crippen LogP contribution in [0.1, 0.15) is 240 Å². The maximum Gasteiger partial charge on any atom is 0.306 e. The fourth-order valence-electron chi connectivity index (χ4n) is 6.42. The average Bonchev–Trinajstić information content (AvgIpc) is 3.11. The molecule has 0 aliphatic heterocycles. The van der Waals surface area contributed by atoms with Crippen LogP contribution in [0, 0.1) is 5.92 Å². The quantitative estimate of drug-likeness (QED) is 0.0359. The van der Waals surface area contributed by atoms with E-state index in [2.05, 4.69) is 27.7 Å². The van der Waals surface area contributed by atoms with Gasteiger partial charge >= 0.3 is 17.9 Å². The Morgan fingerprint density at radius 2 is 0.700 bits per heavy atom. The van der Waals surface area contributed by atoms with Crippen molar-refractivity contribution in [1.82, 2.24) is 0 Å². The van der Waals surface area contributed by atoms with Crippen molar-refractivity contribution in [1.29, 1.82) is 0 Å². The van der Waals surface area contributed by atoms with E-state index in [4.69, 9.17) is 14.2 Å². The topological polar surface area (TPSA) is 78.9 Å². The highest BCUT2D eigenvalue weighted by molar-refractivity contribution is 5.71. The molecule has 296 valence electrons. The first-order valence-corrected chi connectivity index (χ1v) is 21.9. The van der Waals surface area contributed by atoms with Crippen LogP contribution in [0.3, 0.4) is 0 Å². The van der Waals surface area contributed by atoms with E-state index in [1.165, 1.54) is 128 Å². The molecule has 0 spiro atoms. The van der Waals surface area contributed by atoms with Crippen LogP contribution in [0.2, 0.25) is 0 Å². The second-order valence-electron chi connectivity index (χ2n) is 15.2. The second-order valence-corrected chi connectivity index (χ2v) is 15.2. The van der Waals surface area contributed by atoms with Crippen LogP contribution in [0.5, 0.6) is 0 Å². The predicted molar refractivity (Wildman–Crippen MR) is 210 cm³/mol. The summed E-state index contributed by atoms with van der Waals surface area (Å²) in [5.74, 6) is -0.00300. The first-order chi connectivity index (χ1) is 24.4. The lowest BCUT2D eigenvalue weighted by Gasteiger charge is -2.18. The smallest absolute Gasteiger partial charge is 0.306 e. The van der Waals surface area contributed by atoms with Gasteiger partial charge in [0.05, 0.1) is 0 Å². The summed E-state index contributed by atoms with van der Waals surface area (Å²) in [7, 11) is 0. The molecule has 0 amide bonds. The zero-order chi connectivity index (χ0) is 36.8. The van der Waals surface area contributed by atoms with Crippen LogP contribution in [0.15, 0.2) is 0 Å². The largest absolute Gasteiger partial charge is 0.462 e. The number of esters is 3. The third kappa shape index (κ3) is 36.2. The van der Waals surface area contributed by atoms with Gasteiger partial charge in [0.1, 0.15) is 13.2 Å². The Kier molecular flexibility index (Phi) is 37.4. The number of carbonyl (C=O) groups excluding carboxylic acids is 3. The summed E-state index contributed by atoms with van der Waals surface area (Å²) in [6.07, 6.45) is 36.8. The standard InChI is InChI=1S/C44H84O6/c1-5-8-10-12-13-14-15-16-17-21-24-28-32-36-43(46)49-39-41(38-48-42(45)35-31-26-11-9-6-2)50-44(47)37-33-29-25-22-19-18-20-23-27-30-34-40(4)7-3/h40-41H,5-39H2,1-4H3/t40?,41-/m0/s1. The van der Waals surface area contributed by atoms with Gasteiger partial charge in [0.2, 0.25) is 0 Å². The summed E-state index contributed by atoms with van der Waals surface area (Å²) in [6.45, 7) is 8.93. The minimum Gasteiger partial charge on any atom is -0.462 e. The van der Waals surface area contributed by atoms with E-state index in [1.807, 2.05) is 0 Å². The van der Waals surface area contributed by atoms with Crippen molar-refractivity contribution in [3.63, 3.8) is 0 Å². The molecule has 1 unspecified atom stereocenters. The molecular formula is C44H84O6. The Bertz CT molecular complexity index is 753. The van der Waals surface area contributed by atoms with E-state index < -0.39 is 6.10 Å². The molecule has 0 radical (unpaired) electrons. The number of hydrogen-bond donors (Lipinski definition) is 0. The zero-order valence-corrected chi connectivity index (χ0v) is 33.9. The Morgan fingerprint density at radius 1 is 0.400 bits per heavy atom. The molecule has 0 bridgehead atoms. The van der Waals surface area contributed by atoms with Gasteiger partial charge in [-0.25, -0.2) is 0 Å². The highest BCUT2D eigenvalue weighted by Crippen LogP contribution is 2.17. The zero-order valence-electron chi connectivity index (χ0n) is 33.9. The van der Waals surface area contributed by atoms with Gasteiger partial charge in [-0.05, 0) is 25.2 Å². The van der Waals surface area contributed by atoms with E-state index in [0.29, 0.717) is 19.3 Å². The van der Waals surface area contributed by atoms with Gasteiger partial charge in [-0.2, -0.15) is 0 Å². The molecule has 0 N–H and O–H groups in total. The van der Waals surface area contributed by atoms with Gasteiger partial charge in [-0.15, -0.1) is 0 Å². The number of carbonyl (C=O) groups is 3. The molecule has 0 saturated carbocycles. The molecule has 50 heavy (non-hydrogen) atoms. The summed E-state index contributed by atoms with van der Waals surface area (Å²) in [5, 5.41) is 0. The normalized spacial score (nSPS) is 12.5. The van der Waals surface area contributed by atoms with Crippen LogP contribution in [-0.2, 0) is 28.6 Å². The van der Waals surface area contributed by atoms with E-state index in [1.54, 1.807) is 0 Å². The Balaban J connectivity index is 4.22. The molecule has 0 heterocycles. The predicted octanol–water partition coefficient (Wildman–Crippen LogP) is 13.6. The van der Waals surface area contributed by atoms with Gasteiger partial charge in [-0.1, -0.05) is 201 Å². The second kappa shape index (κ2) is 38.6. The highest BCUT2D eigenvalue weighted by Gasteiger charge is 2.19. The van der Waals surface area contributed by atoms with Crippen molar-refractivity contribution in [2.45, 2.75) is 246 Å². The van der Waals surface area contributed by atoms with E-state index in [9.17, 15) is 14.4 Å². The molecule has 0 aliphatic carbocycles. The summed E-state index contributed by atoms with van der Waals surface area (Å²) >= 11 is 0. The van der Waals surface area contributed by atoms with Crippen molar-refractivity contribution in [3.8, 4) is 0 Å². The fourth-order valence-corrected chi connectivity index (χ4v) is 6.42. The van der Waals surface area contributed by atoms with Crippen LogP contribution < -0.4 is 0 Å². The lowest BCUT2D eigenvalue weighted by molar-refractivity contribution is -0.167. The van der Waals surface area contributed by atoms with Crippen molar-refractivity contribution in [2.24, 2.45) is 5.92 Å². The van der Waals surface area contributed by atoms with E-state index in [-0.39, 0.29) is 31.1 Å². The Morgan fingerprint density at radius 3 is 1.04 bits per heavy atom. The van der Waals surface area contributed by atoms with Crippen molar-refractivity contribution < 1.29 is 28.6 Å². The molecule has 0 aromatic rings. The number of hydrogen-bond acceptors (Lipinski definition) is 6. The molecule has 0 saturated heterocycles. The number of ether oxygens (including phenoxy) is 3. The van der Waals surface area contributed by atoms with Gasteiger partial charge < -0.3 is 14.2 Å². The number of rotatable bonds is 39. The van der Waals surface area contributed by atoms with Crippen LogP contribution in [0.4, 0.5) is 0 Å². The molecule has 6 nitrogen and oxygen atoms in total. The van der Waals surface area contributed by atoms with Crippen LogP contribution in [-0.4, -0.2) is 37.2 Å². The van der Waals surface area contributed by atoms with Crippen molar-refractivity contribution in [2.75, 3.05) is 13.2 Å². The monoisotopic (exact) mass is 709 g/mol. The molecule has 0 fully saturated rings. The van der Waals surface area contributed by atoms with E-state index in [0.717, 1.165) is 70.1 Å². The summed E-state index contributed by atoms with van der Waals surface area (Å²) in [6, 6.07) is 0. The molecule has 0 aromatic carbocycles. The lowest BCUT2D eigenvalue weighted by atomic mass is 9.99. The molecule has 6 heteroatoms. The van der Waals surface area contributed by atoms with Crippen molar-refractivity contribution >= 4 is 17.9 Å². The third-order valence-electron chi connectivity index (χ3n) is 10.2. The molecule has 0 aromatic heterocycles.